The number of hydrogen-bond acceptors (Lipinski definition) is 3. The molecule has 98 valence electrons. The highest BCUT2D eigenvalue weighted by Crippen LogP contribution is 2.51. The molecular formula is C14H24O2S. The number of hydrogen-bond donors (Lipinski definition) is 0. The normalized spacial score (nSPS) is 16.5. The SMILES string of the molecule is C=CCCCCCSCC1(CC(=O)OC)CC1. The van der Waals surface area contributed by atoms with Crippen molar-refractivity contribution in [3.63, 3.8) is 0 Å². The van der Waals surface area contributed by atoms with Crippen LogP contribution in [0.2, 0.25) is 0 Å². The average Bonchev–Trinajstić information content (AvgIpc) is 3.08. The molecule has 0 bridgehead atoms. The van der Waals surface area contributed by atoms with Crippen molar-refractivity contribution in [3.8, 4) is 0 Å². The summed E-state index contributed by atoms with van der Waals surface area (Å²) < 4.78 is 4.74. The maximum Gasteiger partial charge on any atom is 0.306 e. The van der Waals surface area contributed by atoms with Crippen molar-refractivity contribution in [2.24, 2.45) is 5.41 Å². The predicted molar refractivity (Wildman–Crippen MR) is 74.3 cm³/mol. The maximum atomic E-state index is 11.2. The number of thioether (sulfide) groups is 1. The van der Waals surface area contributed by atoms with Gasteiger partial charge in [0.25, 0.3) is 0 Å². The number of methoxy groups -OCH3 is 1. The molecule has 0 saturated heterocycles. The number of unbranched alkanes of at least 4 members (excludes halogenated alkanes) is 3. The average molecular weight is 256 g/mol. The van der Waals surface area contributed by atoms with Crippen molar-refractivity contribution in [3.05, 3.63) is 12.7 Å². The van der Waals surface area contributed by atoms with Gasteiger partial charge in [-0.15, -0.1) is 6.58 Å². The second-order valence-electron chi connectivity index (χ2n) is 4.94. The molecule has 0 N–H and O–H groups in total. The molecule has 0 aromatic rings. The summed E-state index contributed by atoms with van der Waals surface area (Å²) in [6, 6.07) is 0. The number of rotatable bonds is 10. The van der Waals surface area contributed by atoms with E-state index in [0.29, 0.717) is 11.8 Å². The van der Waals surface area contributed by atoms with E-state index in [-0.39, 0.29) is 5.97 Å². The van der Waals surface area contributed by atoms with E-state index in [0.717, 1.165) is 12.2 Å². The summed E-state index contributed by atoms with van der Waals surface area (Å²) in [5.74, 6) is 2.30. The van der Waals surface area contributed by atoms with Gasteiger partial charge in [0.15, 0.2) is 0 Å². The molecule has 0 aliphatic heterocycles. The molecule has 17 heavy (non-hydrogen) atoms. The van der Waals surface area contributed by atoms with Crippen LogP contribution in [0, 0.1) is 5.41 Å². The number of carbonyl (C=O) groups excluding carboxylic acids is 1. The van der Waals surface area contributed by atoms with Gasteiger partial charge in [-0.25, -0.2) is 0 Å². The lowest BCUT2D eigenvalue weighted by atomic mass is 10.1. The molecule has 0 aromatic heterocycles. The zero-order chi connectivity index (χ0) is 12.6. The lowest BCUT2D eigenvalue weighted by Gasteiger charge is -2.12. The second-order valence-corrected chi connectivity index (χ2v) is 6.05. The Morgan fingerprint density at radius 3 is 2.76 bits per heavy atom. The first-order valence-electron chi connectivity index (χ1n) is 6.48. The van der Waals surface area contributed by atoms with Gasteiger partial charge in [0.2, 0.25) is 0 Å². The van der Waals surface area contributed by atoms with Crippen LogP contribution in [0.25, 0.3) is 0 Å². The number of ether oxygens (including phenoxy) is 1. The summed E-state index contributed by atoms with van der Waals surface area (Å²) in [6.07, 6.45) is 9.98. The molecular weight excluding hydrogens is 232 g/mol. The van der Waals surface area contributed by atoms with Gasteiger partial charge in [-0.05, 0) is 49.0 Å². The lowest BCUT2D eigenvalue weighted by molar-refractivity contribution is -0.141. The zero-order valence-corrected chi connectivity index (χ0v) is 11.7. The molecule has 0 heterocycles. The van der Waals surface area contributed by atoms with Gasteiger partial charge in [-0.2, -0.15) is 11.8 Å². The summed E-state index contributed by atoms with van der Waals surface area (Å²) in [6.45, 7) is 3.72. The molecule has 0 spiro atoms. The molecule has 1 rings (SSSR count). The van der Waals surface area contributed by atoms with Crippen molar-refractivity contribution < 1.29 is 9.53 Å². The fourth-order valence-corrected chi connectivity index (χ4v) is 3.26. The first-order chi connectivity index (χ1) is 8.22. The van der Waals surface area contributed by atoms with E-state index in [1.165, 1.54) is 45.0 Å². The summed E-state index contributed by atoms with van der Waals surface area (Å²) in [5, 5.41) is 0. The van der Waals surface area contributed by atoms with E-state index >= 15 is 0 Å². The smallest absolute Gasteiger partial charge is 0.306 e. The van der Waals surface area contributed by atoms with Crippen molar-refractivity contribution in [1.29, 1.82) is 0 Å². The van der Waals surface area contributed by atoms with Crippen LogP contribution in [0.1, 0.15) is 44.9 Å². The molecule has 1 saturated carbocycles. The number of allylic oxidation sites excluding steroid dienone is 1. The van der Waals surface area contributed by atoms with E-state index in [2.05, 4.69) is 6.58 Å². The number of carbonyl (C=O) groups is 1. The molecule has 1 fully saturated rings. The van der Waals surface area contributed by atoms with Gasteiger partial charge < -0.3 is 4.74 Å². The van der Waals surface area contributed by atoms with E-state index in [1.807, 2.05) is 17.8 Å². The monoisotopic (exact) mass is 256 g/mol. The Labute approximate surface area is 109 Å². The molecule has 0 amide bonds. The van der Waals surface area contributed by atoms with E-state index in [9.17, 15) is 4.79 Å². The van der Waals surface area contributed by atoms with Crippen LogP contribution in [0.4, 0.5) is 0 Å². The van der Waals surface area contributed by atoms with E-state index in [1.54, 1.807) is 0 Å². The lowest BCUT2D eigenvalue weighted by Crippen LogP contribution is -2.13. The second kappa shape index (κ2) is 7.80. The van der Waals surface area contributed by atoms with Gasteiger partial charge in [-0.1, -0.05) is 12.5 Å². The highest BCUT2D eigenvalue weighted by atomic mass is 32.2. The van der Waals surface area contributed by atoms with E-state index < -0.39 is 0 Å². The Kier molecular flexibility index (Phi) is 6.71. The summed E-state index contributed by atoms with van der Waals surface area (Å²) in [4.78, 5) is 11.2. The van der Waals surface area contributed by atoms with Gasteiger partial charge >= 0.3 is 5.97 Å². The summed E-state index contributed by atoms with van der Waals surface area (Å²) in [7, 11) is 1.48. The van der Waals surface area contributed by atoms with Gasteiger partial charge in [-0.3, -0.25) is 4.79 Å². The molecule has 3 heteroatoms. The minimum atomic E-state index is -0.0471. The van der Waals surface area contributed by atoms with Gasteiger partial charge in [0, 0.05) is 0 Å². The standard InChI is InChI=1S/C14H24O2S/c1-3-4-5-6-7-10-17-12-14(8-9-14)11-13(15)16-2/h3H,1,4-12H2,2H3. The van der Waals surface area contributed by atoms with Crippen LogP contribution < -0.4 is 0 Å². The molecule has 0 unspecified atom stereocenters. The van der Waals surface area contributed by atoms with Gasteiger partial charge in [0.05, 0.1) is 13.5 Å². The first-order valence-corrected chi connectivity index (χ1v) is 7.63. The third kappa shape index (κ3) is 6.16. The fraction of sp³-hybridized carbons (Fsp3) is 0.786. The summed E-state index contributed by atoms with van der Waals surface area (Å²) in [5.41, 5.74) is 0.291. The van der Waals surface area contributed by atoms with Crippen LogP contribution in [0.3, 0.4) is 0 Å². The molecule has 1 aliphatic rings. The van der Waals surface area contributed by atoms with Crippen molar-refractivity contribution in [2.45, 2.75) is 44.9 Å². The van der Waals surface area contributed by atoms with Crippen molar-refractivity contribution >= 4 is 17.7 Å². The van der Waals surface area contributed by atoms with Crippen LogP contribution in [-0.2, 0) is 9.53 Å². The van der Waals surface area contributed by atoms with Crippen molar-refractivity contribution in [2.75, 3.05) is 18.6 Å². The fourth-order valence-electron chi connectivity index (χ4n) is 1.89. The zero-order valence-electron chi connectivity index (χ0n) is 10.9. The van der Waals surface area contributed by atoms with Crippen LogP contribution in [-0.4, -0.2) is 24.6 Å². The minimum Gasteiger partial charge on any atom is -0.469 e. The topological polar surface area (TPSA) is 26.3 Å². The minimum absolute atomic E-state index is 0.0471. The highest BCUT2D eigenvalue weighted by Gasteiger charge is 2.44. The van der Waals surface area contributed by atoms with Crippen LogP contribution >= 0.6 is 11.8 Å². The van der Waals surface area contributed by atoms with Crippen LogP contribution in [0.5, 0.6) is 0 Å². The Morgan fingerprint density at radius 2 is 2.18 bits per heavy atom. The molecule has 0 aromatic carbocycles. The highest BCUT2D eigenvalue weighted by molar-refractivity contribution is 7.99. The third-order valence-corrected chi connectivity index (χ3v) is 4.70. The van der Waals surface area contributed by atoms with E-state index in [4.69, 9.17) is 4.74 Å². The quantitative estimate of drug-likeness (QED) is 0.338. The third-order valence-electron chi connectivity index (χ3n) is 3.31. The molecule has 0 atom stereocenters. The molecule has 0 radical (unpaired) electrons. The van der Waals surface area contributed by atoms with Crippen LogP contribution in [0.15, 0.2) is 12.7 Å². The molecule has 2 nitrogen and oxygen atoms in total. The Bertz CT molecular complexity index is 247. The maximum absolute atomic E-state index is 11.2. The first kappa shape index (κ1) is 14.6. The molecule has 1 aliphatic carbocycles. The Morgan fingerprint density at radius 1 is 1.41 bits per heavy atom. The largest absolute Gasteiger partial charge is 0.469 e. The summed E-state index contributed by atoms with van der Waals surface area (Å²) >= 11 is 2.00. The van der Waals surface area contributed by atoms with Crippen molar-refractivity contribution in [1.82, 2.24) is 0 Å². The Balaban J connectivity index is 1.98. The van der Waals surface area contributed by atoms with Gasteiger partial charge in [0.1, 0.15) is 0 Å². The predicted octanol–water partition coefficient (Wildman–Crippen LogP) is 3.81. The Hall–Kier alpha value is -0.440. The number of esters is 1.